The fraction of sp³-hybridized carbons (Fsp3) is 0.0667. The maximum Gasteiger partial charge on any atom is 0.293 e. The van der Waals surface area contributed by atoms with Crippen molar-refractivity contribution in [1.29, 1.82) is 0 Å². The van der Waals surface area contributed by atoms with Gasteiger partial charge >= 0.3 is 0 Å². The summed E-state index contributed by atoms with van der Waals surface area (Å²) in [6.07, 6.45) is 0. The van der Waals surface area contributed by atoms with Crippen LogP contribution in [-0.4, -0.2) is 23.8 Å². The molecule has 2 aromatic rings. The van der Waals surface area contributed by atoms with Crippen LogP contribution in [0.25, 0.3) is 0 Å². The molecule has 0 bridgehead atoms. The van der Waals surface area contributed by atoms with E-state index in [1.165, 1.54) is 43.4 Å². The number of amides is 2. The van der Waals surface area contributed by atoms with Crippen molar-refractivity contribution < 1.29 is 14.5 Å². The fourth-order valence-corrected chi connectivity index (χ4v) is 2.02. The number of nitro groups is 1. The van der Waals surface area contributed by atoms with Crippen molar-refractivity contribution in [2.45, 2.75) is 0 Å². The molecule has 124 valence electrons. The second kappa shape index (κ2) is 7.42. The molecule has 0 atom stereocenters. The summed E-state index contributed by atoms with van der Waals surface area (Å²) in [6, 6.07) is 10.0. The van der Waals surface area contributed by atoms with E-state index in [2.05, 4.69) is 16.2 Å². The minimum Gasteiger partial charge on any atom is -0.383 e. The third-order valence-electron chi connectivity index (χ3n) is 3.12. The Morgan fingerprint density at radius 1 is 1.00 bits per heavy atom. The van der Waals surface area contributed by atoms with Gasteiger partial charge in [0.05, 0.1) is 4.92 Å². The Bertz CT molecular complexity index is 793. The predicted octanol–water partition coefficient (Wildman–Crippen LogP) is 2.36. The number of rotatable bonds is 4. The van der Waals surface area contributed by atoms with Crippen LogP contribution in [0.1, 0.15) is 20.7 Å². The number of halogens is 1. The molecule has 0 aliphatic carbocycles. The number of nitrogens with zero attached hydrogens (tertiary/aromatic N) is 1. The van der Waals surface area contributed by atoms with Crippen LogP contribution in [0.2, 0.25) is 5.02 Å². The van der Waals surface area contributed by atoms with E-state index in [0.29, 0.717) is 10.6 Å². The molecule has 8 nitrogen and oxygen atoms in total. The molecule has 0 aliphatic rings. The topological polar surface area (TPSA) is 113 Å². The van der Waals surface area contributed by atoms with Crippen molar-refractivity contribution in [3.8, 4) is 0 Å². The van der Waals surface area contributed by atoms with Crippen LogP contribution >= 0.6 is 11.6 Å². The minimum atomic E-state index is -0.678. The largest absolute Gasteiger partial charge is 0.383 e. The Labute approximate surface area is 141 Å². The number of nitrogens with one attached hydrogen (secondary N) is 3. The Morgan fingerprint density at radius 3 is 2.08 bits per heavy atom. The summed E-state index contributed by atoms with van der Waals surface area (Å²) in [6.45, 7) is 0. The molecule has 0 heterocycles. The van der Waals surface area contributed by atoms with E-state index in [1.807, 2.05) is 0 Å². The lowest BCUT2D eigenvalue weighted by molar-refractivity contribution is -0.384. The highest BCUT2D eigenvalue weighted by atomic mass is 35.5. The van der Waals surface area contributed by atoms with Crippen LogP contribution in [-0.2, 0) is 0 Å². The third kappa shape index (κ3) is 3.99. The van der Waals surface area contributed by atoms with Crippen molar-refractivity contribution in [3.63, 3.8) is 0 Å². The molecule has 0 fully saturated rings. The molecular formula is C15H13ClN4O4. The third-order valence-corrected chi connectivity index (χ3v) is 3.37. The van der Waals surface area contributed by atoms with E-state index in [-0.39, 0.29) is 16.9 Å². The predicted molar refractivity (Wildman–Crippen MR) is 89.0 cm³/mol. The van der Waals surface area contributed by atoms with E-state index in [0.717, 1.165) is 6.07 Å². The molecule has 0 aromatic heterocycles. The zero-order valence-corrected chi connectivity index (χ0v) is 13.3. The standard InChI is InChI=1S/C15H13ClN4O4/c1-17-12-7-4-10(8-13(12)20(23)24)15(22)19-18-14(21)9-2-5-11(16)6-3-9/h2-8,17H,1H3,(H,18,21)(H,19,22). The van der Waals surface area contributed by atoms with Crippen molar-refractivity contribution in [1.82, 2.24) is 10.9 Å². The molecule has 24 heavy (non-hydrogen) atoms. The lowest BCUT2D eigenvalue weighted by atomic mass is 10.1. The molecule has 3 N–H and O–H groups in total. The summed E-state index contributed by atoms with van der Waals surface area (Å²) in [5.41, 5.74) is 4.81. The first-order valence-electron chi connectivity index (χ1n) is 6.75. The maximum atomic E-state index is 12.0. The molecule has 2 rings (SSSR count). The molecule has 0 aliphatic heterocycles. The van der Waals surface area contributed by atoms with E-state index < -0.39 is 16.7 Å². The quantitative estimate of drug-likeness (QED) is 0.579. The van der Waals surface area contributed by atoms with Gasteiger partial charge in [0.15, 0.2) is 0 Å². The molecule has 0 saturated carbocycles. The van der Waals surface area contributed by atoms with Gasteiger partial charge in [0, 0.05) is 29.3 Å². The highest BCUT2D eigenvalue weighted by Crippen LogP contribution is 2.24. The summed E-state index contributed by atoms with van der Waals surface area (Å²) in [7, 11) is 1.54. The summed E-state index contributed by atoms with van der Waals surface area (Å²) >= 11 is 5.73. The Balaban J connectivity index is 2.07. The van der Waals surface area contributed by atoms with Crippen LogP contribution in [0.15, 0.2) is 42.5 Å². The van der Waals surface area contributed by atoms with Gasteiger partial charge in [0.2, 0.25) is 0 Å². The Hall–Kier alpha value is -3.13. The number of anilines is 1. The van der Waals surface area contributed by atoms with Crippen LogP contribution in [0.3, 0.4) is 0 Å². The van der Waals surface area contributed by atoms with Gasteiger partial charge in [0.1, 0.15) is 5.69 Å². The first kappa shape index (κ1) is 17.2. The molecular weight excluding hydrogens is 336 g/mol. The van der Waals surface area contributed by atoms with E-state index in [4.69, 9.17) is 11.6 Å². The van der Waals surface area contributed by atoms with E-state index >= 15 is 0 Å². The number of nitro benzene ring substituents is 1. The van der Waals surface area contributed by atoms with Crippen molar-refractivity contribution in [2.24, 2.45) is 0 Å². The highest BCUT2D eigenvalue weighted by Gasteiger charge is 2.17. The van der Waals surface area contributed by atoms with Gasteiger partial charge in [-0.05, 0) is 36.4 Å². The summed E-state index contributed by atoms with van der Waals surface area (Å²) in [4.78, 5) is 34.3. The zero-order chi connectivity index (χ0) is 17.7. The van der Waals surface area contributed by atoms with Crippen molar-refractivity contribution in [2.75, 3.05) is 12.4 Å². The normalized spacial score (nSPS) is 9.92. The lowest BCUT2D eigenvalue weighted by Crippen LogP contribution is -2.41. The van der Waals surface area contributed by atoms with Crippen LogP contribution in [0.4, 0.5) is 11.4 Å². The Morgan fingerprint density at radius 2 is 1.54 bits per heavy atom. The lowest BCUT2D eigenvalue weighted by Gasteiger charge is -2.08. The van der Waals surface area contributed by atoms with Gasteiger partial charge in [-0.25, -0.2) is 0 Å². The van der Waals surface area contributed by atoms with Crippen LogP contribution in [0, 0.1) is 10.1 Å². The number of benzene rings is 2. The summed E-state index contributed by atoms with van der Waals surface area (Å²) in [5.74, 6) is -1.22. The van der Waals surface area contributed by atoms with Gasteiger partial charge in [-0.3, -0.25) is 30.6 Å². The van der Waals surface area contributed by atoms with E-state index in [1.54, 1.807) is 0 Å². The SMILES string of the molecule is CNc1ccc(C(=O)NNC(=O)c2ccc(Cl)cc2)cc1[N+](=O)[O-]. The molecule has 9 heteroatoms. The highest BCUT2D eigenvalue weighted by molar-refractivity contribution is 6.30. The fourth-order valence-electron chi connectivity index (χ4n) is 1.89. The number of carbonyl (C=O) groups is 2. The molecule has 2 amide bonds. The number of hydrogen-bond acceptors (Lipinski definition) is 5. The number of carbonyl (C=O) groups excluding carboxylic acids is 2. The van der Waals surface area contributed by atoms with Gasteiger partial charge in [-0.15, -0.1) is 0 Å². The van der Waals surface area contributed by atoms with Crippen molar-refractivity contribution in [3.05, 3.63) is 68.7 Å². The van der Waals surface area contributed by atoms with Crippen molar-refractivity contribution >= 4 is 34.8 Å². The van der Waals surface area contributed by atoms with Gasteiger partial charge < -0.3 is 5.32 Å². The van der Waals surface area contributed by atoms with Gasteiger partial charge in [-0.2, -0.15) is 0 Å². The molecule has 0 unspecified atom stereocenters. The summed E-state index contributed by atoms with van der Waals surface area (Å²) in [5, 5.41) is 14.1. The molecule has 0 saturated heterocycles. The second-order valence-corrected chi connectivity index (χ2v) is 5.09. The number of hydrazine groups is 1. The molecule has 2 aromatic carbocycles. The second-order valence-electron chi connectivity index (χ2n) is 4.65. The van der Waals surface area contributed by atoms with Crippen LogP contribution in [0.5, 0.6) is 0 Å². The first-order valence-corrected chi connectivity index (χ1v) is 7.12. The smallest absolute Gasteiger partial charge is 0.293 e. The first-order chi connectivity index (χ1) is 11.4. The maximum absolute atomic E-state index is 12.0. The minimum absolute atomic E-state index is 0.0390. The Kier molecular flexibility index (Phi) is 5.33. The average molecular weight is 349 g/mol. The van der Waals surface area contributed by atoms with E-state index in [9.17, 15) is 19.7 Å². The monoisotopic (exact) mass is 348 g/mol. The molecule has 0 spiro atoms. The van der Waals surface area contributed by atoms with Crippen LogP contribution < -0.4 is 16.2 Å². The summed E-state index contributed by atoms with van der Waals surface area (Å²) < 4.78 is 0. The van der Waals surface area contributed by atoms with Gasteiger partial charge in [-0.1, -0.05) is 11.6 Å². The zero-order valence-electron chi connectivity index (χ0n) is 12.5. The number of hydrogen-bond donors (Lipinski definition) is 3. The molecule has 0 radical (unpaired) electrons. The average Bonchev–Trinajstić information content (AvgIpc) is 2.59. The van der Waals surface area contributed by atoms with Gasteiger partial charge in [0.25, 0.3) is 17.5 Å².